The number of rotatable bonds is 9. The number of nitrogens with zero attached hydrogens (tertiary/aromatic N) is 1. The van der Waals surface area contributed by atoms with E-state index in [0.717, 1.165) is 0 Å². The van der Waals surface area contributed by atoms with Crippen molar-refractivity contribution in [3.63, 3.8) is 0 Å². The van der Waals surface area contributed by atoms with Crippen LogP contribution in [-0.2, 0) is 26.0 Å². The first-order valence-corrected chi connectivity index (χ1v) is 7.68. The molecule has 0 aliphatic rings. The summed E-state index contributed by atoms with van der Waals surface area (Å²) in [6.45, 7) is 2.89. The van der Waals surface area contributed by atoms with E-state index in [1.54, 1.807) is 6.92 Å². The molecule has 0 fully saturated rings. The van der Waals surface area contributed by atoms with E-state index in [4.69, 9.17) is 19.6 Å². The van der Waals surface area contributed by atoms with Gasteiger partial charge in [-0.1, -0.05) is 0 Å². The fourth-order valence-corrected chi connectivity index (χ4v) is 3.35. The lowest BCUT2D eigenvalue weighted by molar-refractivity contribution is 0.150. The van der Waals surface area contributed by atoms with Gasteiger partial charge in [-0.15, -0.1) is 0 Å². The van der Waals surface area contributed by atoms with Gasteiger partial charge in [0.2, 0.25) is 10.0 Å². The van der Waals surface area contributed by atoms with Crippen molar-refractivity contribution in [1.82, 2.24) is 4.31 Å². The molecule has 0 aliphatic carbocycles. The van der Waals surface area contributed by atoms with Crippen molar-refractivity contribution in [2.45, 2.75) is 18.4 Å². The van der Waals surface area contributed by atoms with Crippen LogP contribution in [0.15, 0.2) is 15.4 Å². The van der Waals surface area contributed by atoms with E-state index in [1.165, 1.54) is 24.6 Å². The van der Waals surface area contributed by atoms with E-state index in [1.807, 2.05) is 0 Å². The molecule has 0 unspecified atom stereocenters. The lowest BCUT2D eigenvalue weighted by atomic mass is 10.4. The maximum absolute atomic E-state index is 12.6. The quantitative estimate of drug-likeness (QED) is 0.706. The van der Waals surface area contributed by atoms with E-state index in [0.29, 0.717) is 24.7 Å². The molecule has 8 heteroatoms. The normalized spacial score (nSPS) is 12.2. The van der Waals surface area contributed by atoms with Gasteiger partial charge in [0, 0.05) is 33.4 Å². The Kier molecular flexibility index (Phi) is 6.63. The minimum absolute atomic E-state index is 0.144. The number of hydrogen-bond donors (Lipinski definition) is 1. The van der Waals surface area contributed by atoms with Crippen LogP contribution in [0.4, 0.5) is 0 Å². The highest BCUT2D eigenvalue weighted by atomic mass is 32.2. The number of hydrogen-bond acceptors (Lipinski definition) is 6. The van der Waals surface area contributed by atoms with Gasteiger partial charge in [0.05, 0.1) is 19.8 Å². The molecule has 1 heterocycles. The number of methoxy groups -OCH3 is 2. The largest absolute Gasteiger partial charge is 0.464 e. The highest BCUT2D eigenvalue weighted by Crippen LogP contribution is 2.23. The summed E-state index contributed by atoms with van der Waals surface area (Å²) in [4.78, 5) is 0.144. The van der Waals surface area contributed by atoms with Crippen molar-refractivity contribution in [2.75, 3.05) is 40.5 Å². The molecular formula is C12H22N2O5S. The highest BCUT2D eigenvalue weighted by Gasteiger charge is 2.28. The maximum atomic E-state index is 12.6. The lowest BCUT2D eigenvalue weighted by Gasteiger charge is -2.21. The van der Waals surface area contributed by atoms with E-state index >= 15 is 0 Å². The summed E-state index contributed by atoms with van der Waals surface area (Å²) in [7, 11) is -0.592. The molecular weight excluding hydrogens is 284 g/mol. The van der Waals surface area contributed by atoms with Crippen molar-refractivity contribution < 1.29 is 22.3 Å². The zero-order chi connectivity index (χ0) is 15.2. The first-order valence-electron chi connectivity index (χ1n) is 6.24. The summed E-state index contributed by atoms with van der Waals surface area (Å²) in [5.41, 5.74) is 5.47. The third kappa shape index (κ3) is 4.03. The monoisotopic (exact) mass is 306 g/mol. The molecule has 20 heavy (non-hydrogen) atoms. The van der Waals surface area contributed by atoms with Gasteiger partial charge in [-0.05, 0) is 6.92 Å². The van der Waals surface area contributed by atoms with Crippen LogP contribution in [0.1, 0.15) is 11.5 Å². The Morgan fingerprint density at radius 3 is 2.20 bits per heavy atom. The van der Waals surface area contributed by atoms with Crippen LogP contribution in [0.25, 0.3) is 0 Å². The molecule has 0 saturated carbocycles. The summed E-state index contributed by atoms with van der Waals surface area (Å²) in [5.74, 6) is 0.782. The molecule has 0 aliphatic heterocycles. The van der Waals surface area contributed by atoms with Crippen LogP contribution in [0.2, 0.25) is 0 Å². The predicted molar refractivity (Wildman–Crippen MR) is 73.8 cm³/mol. The van der Waals surface area contributed by atoms with Crippen molar-refractivity contribution in [1.29, 1.82) is 0 Å². The van der Waals surface area contributed by atoms with Crippen LogP contribution >= 0.6 is 0 Å². The van der Waals surface area contributed by atoms with E-state index < -0.39 is 10.0 Å². The second-order valence-electron chi connectivity index (χ2n) is 4.23. The maximum Gasteiger partial charge on any atom is 0.246 e. The lowest BCUT2D eigenvalue weighted by Crippen LogP contribution is -2.36. The van der Waals surface area contributed by atoms with Gasteiger partial charge in [-0.3, -0.25) is 0 Å². The van der Waals surface area contributed by atoms with Gasteiger partial charge in [0.1, 0.15) is 16.4 Å². The Hall–Kier alpha value is -0.930. The first kappa shape index (κ1) is 17.1. The van der Waals surface area contributed by atoms with Crippen LogP contribution in [0, 0.1) is 6.92 Å². The Morgan fingerprint density at radius 2 is 1.80 bits per heavy atom. The summed E-state index contributed by atoms with van der Waals surface area (Å²) >= 11 is 0. The zero-order valence-corrected chi connectivity index (χ0v) is 12.9. The number of ether oxygens (including phenoxy) is 2. The molecule has 7 nitrogen and oxygen atoms in total. The molecule has 0 spiro atoms. The third-order valence-corrected chi connectivity index (χ3v) is 4.84. The molecule has 0 saturated heterocycles. The second-order valence-corrected chi connectivity index (χ2v) is 6.13. The van der Waals surface area contributed by atoms with Gasteiger partial charge in [-0.25, -0.2) is 8.42 Å². The van der Waals surface area contributed by atoms with Gasteiger partial charge >= 0.3 is 0 Å². The van der Waals surface area contributed by atoms with Crippen molar-refractivity contribution in [3.8, 4) is 0 Å². The number of furan rings is 1. The molecule has 1 rings (SSSR count). The number of nitrogens with two attached hydrogens (primary N) is 1. The van der Waals surface area contributed by atoms with Gasteiger partial charge in [0.15, 0.2) is 0 Å². The minimum atomic E-state index is -3.64. The van der Waals surface area contributed by atoms with Crippen LogP contribution in [0.5, 0.6) is 0 Å². The summed E-state index contributed by atoms with van der Waals surface area (Å²) in [5, 5.41) is 0. The Morgan fingerprint density at radius 1 is 1.25 bits per heavy atom. The van der Waals surface area contributed by atoms with Crippen molar-refractivity contribution in [2.24, 2.45) is 5.73 Å². The fraction of sp³-hybridized carbons (Fsp3) is 0.667. The Balaban J connectivity index is 3.03. The summed E-state index contributed by atoms with van der Waals surface area (Å²) in [6.07, 6.45) is 0. The van der Waals surface area contributed by atoms with Crippen molar-refractivity contribution >= 4 is 10.0 Å². The van der Waals surface area contributed by atoms with E-state index in [9.17, 15) is 8.42 Å². The average molecular weight is 306 g/mol. The Labute approximate surface area is 119 Å². The standard InChI is InChI=1S/C12H22N2O5S/c1-10-12(8-11(9-13)19-10)20(15,16)14(4-6-17-2)5-7-18-3/h8H,4-7,9,13H2,1-3H3. The molecule has 0 atom stereocenters. The smallest absolute Gasteiger partial charge is 0.246 e. The number of sulfonamides is 1. The van der Waals surface area contributed by atoms with E-state index in [-0.39, 0.29) is 24.5 Å². The number of aryl methyl sites for hydroxylation is 1. The predicted octanol–water partition coefficient (Wildman–Crippen LogP) is 0.330. The molecule has 0 bridgehead atoms. The molecule has 0 amide bonds. The highest BCUT2D eigenvalue weighted by molar-refractivity contribution is 7.89. The van der Waals surface area contributed by atoms with Crippen LogP contribution in [-0.4, -0.2) is 53.2 Å². The molecule has 0 radical (unpaired) electrons. The minimum Gasteiger partial charge on any atom is -0.464 e. The zero-order valence-electron chi connectivity index (χ0n) is 12.1. The van der Waals surface area contributed by atoms with Crippen LogP contribution in [0.3, 0.4) is 0 Å². The Bertz CT molecular complexity index is 504. The fourth-order valence-electron chi connectivity index (χ4n) is 1.76. The molecule has 1 aromatic heterocycles. The molecule has 116 valence electrons. The third-order valence-electron chi connectivity index (χ3n) is 2.83. The van der Waals surface area contributed by atoms with Crippen molar-refractivity contribution in [3.05, 3.63) is 17.6 Å². The molecule has 0 aromatic carbocycles. The summed E-state index contributed by atoms with van der Waals surface area (Å²) < 4.78 is 41.7. The average Bonchev–Trinajstić information content (AvgIpc) is 2.80. The van der Waals surface area contributed by atoms with Crippen LogP contribution < -0.4 is 5.73 Å². The molecule has 1 aromatic rings. The van der Waals surface area contributed by atoms with E-state index in [2.05, 4.69) is 0 Å². The molecule has 2 N–H and O–H groups in total. The summed E-state index contributed by atoms with van der Waals surface area (Å²) in [6, 6.07) is 1.47. The SMILES string of the molecule is COCCN(CCOC)S(=O)(=O)c1cc(CN)oc1C. The van der Waals surface area contributed by atoms with Gasteiger partial charge < -0.3 is 19.6 Å². The van der Waals surface area contributed by atoms with Gasteiger partial charge in [-0.2, -0.15) is 4.31 Å². The first-order chi connectivity index (χ1) is 9.47. The topological polar surface area (TPSA) is 95.0 Å². The second kappa shape index (κ2) is 7.75. The van der Waals surface area contributed by atoms with Gasteiger partial charge in [0.25, 0.3) is 0 Å².